The van der Waals surface area contributed by atoms with Gasteiger partial charge in [0.1, 0.15) is 0 Å². The van der Waals surface area contributed by atoms with Gasteiger partial charge in [-0.2, -0.15) is 0 Å². The summed E-state index contributed by atoms with van der Waals surface area (Å²) < 4.78 is 0. The van der Waals surface area contributed by atoms with Gasteiger partial charge in [-0.25, -0.2) is 0 Å². The molecule has 1 heterocycles. The van der Waals surface area contributed by atoms with Crippen LogP contribution in [0.3, 0.4) is 0 Å². The Morgan fingerprint density at radius 2 is 2.67 bits per heavy atom. The third kappa shape index (κ3) is 0.864. The van der Waals surface area contributed by atoms with Gasteiger partial charge in [-0.1, -0.05) is 0 Å². The maximum absolute atomic E-state index is 5.44. The van der Waals surface area contributed by atoms with E-state index >= 15 is 0 Å². The summed E-state index contributed by atoms with van der Waals surface area (Å²) in [7, 11) is 0. The first kappa shape index (κ1) is 4.43. The first-order valence-corrected chi connectivity index (χ1v) is 3.02. The van der Waals surface area contributed by atoms with Crippen molar-refractivity contribution < 1.29 is 0 Å². The largest absolute Gasteiger partial charge is 0.318 e. The summed E-state index contributed by atoms with van der Waals surface area (Å²) in [4.78, 5) is 0. The van der Waals surface area contributed by atoms with Gasteiger partial charge < -0.3 is 11.1 Å². The van der Waals surface area contributed by atoms with E-state index in [0.717, 1.165) is 12.4 Å². The molecule has 0 saturated carbocycles. The molecule has 0 radical (unpaired) electrons. The van der Waals surface area contributed by atoms with E-state index in [1.165, 1.54) is 0 Å². The first-order chi connectivity index (χ1) is 2.89. The summed E-state index contributed by atoms with van der Waals surface area (Å²) in [5.74, 6) is 1.03. The molecule has 0 aromatic rings. The Morgan fingerprint density at radius 1 is 1.83 bits per heavy atom. The van der Waals surface area contributed by atoms with Crippen molar-refractivity contribution in [1.29, 1.82) is 0 Å². The minimum atomic E-state index is 0.352. The number of hydrogen-bond acceptors (Lipinski definition) is 3. The third-order valence-electron chi connectivity index (χ3n) is 0.745. The van der Waals surface area contributed by atoms with Crippen LogP contribution < -0.4 is 11.1 Å². The predicted octanol–water partition coefficient (Wildman–Crippen LogP) is -0.435. The zero-order chi connectivity index (χ0) is 4.41. The van der Waals surface area contributed by atoms with Crippen LogP contribution >= 0.6 is 11.8 Å². The molecular formula is C3H8N2S. The molecule has 0 aliphatic carbocycles. The molecule has 1 aliphatic rings. The molecule has 1 saturated heterocycles. The van der Waals surface area contributed by atoms with Crippen molar-refractivity contribution in [1.82, 2.24) is 5.32 Å². The Bertz CT molecular complexity index is 42.1. The number of nitrogens with two attached hydrogens (primary N) is 1. The van der Waals surface area contributed by atoms with Crippen LogP contribution in [0, 0.1) is 0 Å². The van der Waals surface area contributed by atoms with Gasteiger partial charge in [-0.15, -0.1) is 11.8 Å². The summed E-state index contributed by atoms with van der Waals surface area (Å²) in [6.45, 7) is 0.977. The lowest BCUT2D eigenvalue weighted by atomic mass is 10.7. The number of hydrogen-bond donors (Lipinski definition) is 2. The average Bonchev–Trinajstić information content (AvgIpc) is 1.86. The van der Waals surface area contributed by atoms with E-state index in [1.807, 2.05) is 0 Å². The highest BCUT2D eigenvalue weighted by molar-refractivity contribution is 8.00. The minimum absolute atomic E-state index is 0.352. The molecule has 1 unspecified atom stereocenters. The Balaban J connectivity index is 2.18. The fourth-order valence-electron chi connectivity index (χ4n) is 0.426. The van der Waals surface area contributed by atoms with Gasteiger partial charge in [0.15, 0.2) is 0 Å². The van der Waals surface area contributed by atoms with Crippen LogP contribution in [-0.4, -0.2) is 17.8 Å². The van der Waals surface area contributed by atoms with Gasteiger partial charge in [0.25, 0.3) is 0 Å². The smallest absolute Gasteiger partial charge is 0.0646 e. The lowest BCUT2D eigenvalue weighted by Gasteiger charge is -1.91. The van der Waals surface area contributed by atoms with Crippen molar-refractivity contribution in [3.8, 4) is 0 Å². The molecule has 0 spiro atoms. The SMILES string of the molecule is NC1CNCS1. The second kappa shape index (κ2) is 1.82. The van der Waals surface area contributed by atoms with E-state index in [9.17, 15) is 0 Å². The van der Waals surface area contributed by atoms with Crippen LogP contribution in [0.5, 0.6) is 0 Å². The van der Waals surface area contributed by atoms with Crippen LogP contribution in [-0.2, 0) is 0 Å². The van der Waals surface area contributed by atoms with E-state index < -0.39 is 0 Å². The van der Waals surface area contributed by atoms with Gasteiger partial charge >= 0.3 is 0 Å². The molecule has 1 aliphatic heterocycles. The Hall–Kier alpha value is 0.270. The molecule has 1 atom stereocenters. The molecule has 0 bridgehead atoms. The summed E-state index contributed by atoms with van der Waals surface area (Å²) in [5, 5.41) is 3.46. The van der Waals surface area contributed by atoms with Crippen molar-refractivity contribution in [3.05, 3.63) is 0 Å². The lowest BCUT2D eigenvalue weighted by Crippen LogP contribution is -2.20. The zero-order valence-corrected chi connectivity index (χ0v) is 4.29. The maximum Gasteiger partial charge on any atom is 0.0646 e. The van der Waals surface area contributed by atoms with E-state index in [4.69, 9.17) is 5.73 Å². The highest BCUT2D eigenvalue weighted by Gasteiger charge is 2.06. The van der Waals surface area contributed by atoms with E-state index in [2.05, 4.69) is 5.32 Å². The summed E-state index contributed by atoms with van der Waals surface area (Å²) in [5.41, 5.74) is 5.44. The molecule has 1 rings (SSSR count). The summed E-state index contributed by atoms with van der Waals surface area (Å²) in [6, 6.07) is 0. The molecule has 0 aromatic heterocycles. The molecule has 6 heavy (non-hydrogen) atoms. The highest BCUT2D eigenvalue weighted by Crippen LogP contribution is 2.06. The molecule has 3 heteroatoms. The fourth-order valence-corrected chi connectivity index (χ4v) is 1.11. The number of rotatable bonds is 0. The Kier molecular flexibility index (Phi) is 1.34. The lowest BCUT2D eigenvalue weighted by molar-refractivity contribution is 0.796. The molecule has 3 N–H and O–H groups in total. The second-order valence-electron chi connectivity index (χ2n) is 1.30. The quantitative estimate of drug-likeness (QED) is 0.438. The Morgan fingerprint density at radius 3 is 2.83 bits per heavy atom. The normalized spacial score (nSPS) is 34.5. The highest BCUT2D eigenvalue weighted by atomic mass is 32.2. The molecule has 36 valence electrons. The van der Waals surface area contributed by atoms with Crippen LogP contribution in [0.4, 0.5) is 0 Å². The van der Waals surface area contributed by atoms with Crippen molar-refractivity contribution in [3.63, 3.8) is 0 Å². The van der Waals surface area contributed by atoms with E-state index in [0.29, 0.717) is 5.37 Å². The topological polar surface area (TPSA) is 38.0 Å². The number of nitrogens with one attached hydrogen (secondary N) is 1. The van der Waals surface area contributed by atoms with Gasteiger partial charge in [-0.3, -0.25) is 0 Å². The average molecular weight is 104 g/mol. The van der Waals surface area contributed by atoms with Crippen LogP contribution in [0.2, 0.25) is 0 Å². The standard InChI is InChI=1S/C3H8N2S/c4-3-1-5-2-6-3/h3,5H,1-2,4H2. The van der Waals surface area contributed by atoms with Gasteiger partial charge in [0.05, 0.1) is 5.37 Å². The zero-order valence-electron chi connectivity index (χ0n) is 3.48. The van der Waals surface area contributed by atoms with Gasteiger partial charge in [0, 0.05) is 12.4 Å². The molecular weight excluding hydrogens is 96.1 g/mol. The second-order valence-corrected chi connectivity index (χ2v) is 2.53. The minimum Gasteiger partial charge on any atom is -0.318 e. The third-order valence-corrected chi connectivity index (χ3v) is 1.71. The van der Waals surface area contributed by atoms with E-state index in [1.54, 1.807) is 11.8 Å². The first-order valence-electron chi connectivity index (χ1n) is 1.97. The van der Waals surface area contributed by atoms with Gasteiger partial charge in [-0.05, 0) is 0 Å². The van der Waals surface area contributed by atoms with Crippen molar-refractivity contribution >= 4 is 11.8 Å². The molecule has 0 amide bonds. The van der Waals surface area contributed by atoms with Gasteiger partial charge in [0.2, 0.25) is 0 Å². The fraction of sp³-hybridized carbons (Fsp3) is 1.00. The summed E-state index contributed by atoms with van der Waals surface area (Å²) >= 11 is 1.76. The van der Waals surface area contributed by atoms with Crippen LogP contribution in [0.1, 0.15) is 0 Å². The molecule has 2 nitrogen and oxygen atoms in total. The summed E-state index contributed by atoms with van der Waals surface area (Å²) in [6.07, 6.45) is 0. The molecule has 0 aromatic carbocycles. The van der Waals surface area contributed by atoms with Crippen molar-refractivity contribution in [2.24, 2.45) is 5.73 Å². The van der Waals surface area contributed by atoms with Crippen molar-refractivity contribution in [2.75, 3.05) is 12.4 Å². The van der Waals surface area contributed by atoms with Crippen molar-refractivity contribution in [2.45, 2.75) is 5.37 Å². The Labute approximate surface area is 41.5 Å². The predicted molar refractivity (Wildman–Crippen MR) is 28.4 cm³/mol. The molecule has 1 fully saturated rings. The maximum atomic E-state index is 5.44. The number of thioether (sulfide) groups is 1. The van der Waals surface area contributed by atoms with Crippen LogP contribution in [0.25, 0.3) is 0 Å². The monoisotopic (exact) mass is 104 g/mol. The van der Waals surface area contributed by atoms with E-state index in [-0.39, 0.29) is 0 Å². The van der Waals surface area contributed by atoms with Crippen LogP contribution in [0.15, 0.2) is 0 Å².